The molecule has 0 bridgehead atoms. The second kappa shape index (κ2) is 5.23. The average Bonchev–Trinajstić information content (AvgIpc) is 2.73. The van der Waals surface area contributed by atoms with E-state index in [0.717, 1.165) is 25.5 Å². The van der Waals surface area contributed by atoms with Gasteiger partial charge in [-0.05, 0) is 25.0 Å². The first-order valence-electron chi connectivity index (χ1n) is 5.74. The molecule has 1 aromatic heterocycles. The molecule has 0 spiro atoms. The number of aliphatic hydroxyl groups is 1. The van der Waals surface area contributed by atoms with E-state index in [2.05, 4.69) is 10.3 Å². The molecule has 2 rings (SSSR count). The van der Waals surface area contributed by atoms with Crippen molar-refractivity contribution in [1.82, 2.24) is 10.3 Å². The Balaban J connectivity index is 1.87. The van der Waals surface area contributed by atoms with Gasteiger partial charge in [0.1, 0.15) is 11.5 Å². The first-order chi connectivity index (χ1) is 8.16. The molecule has 5 heteroatoms. The SMILES string of the molecule is O=C(NCC1CCCC1O)c1ccc(F)cn1. The molecule has 1 aliphatic carbocycles. The fourth-order valence-electron chi connectivity index (χ4n) is 2.08. The molecule has 1 heterocycles. The molecule has 17 heavy (non-hydrogen) atoms. The number of hydrogen-bond donors (Lipinski definition) is 2. The third-order valence-electron chi connectivity index (χ3n) is 3.10. The number of halogens is 1. The minimum atomic E-state index is -0.465. The molecule has 1 fully saturated rings. The van der Waals surface area contributed by atoms with Crippen LogP contribution in [0, 0.1) is 11.7 Å². The van der Waals surface area contributed by atoms with Crippen molar-refractivity contribution >= 4 is 5.91 Å². The summed E-state index contributed by atoms with van der Waals surface area (Å²) >= 11 is 0. The van der Waals surface area contributed by atoms with Crippen molar-refractivity contribution in [3.8, 4) is 0 Å². The van der Waals surface area contributed by atoms with Crippen molar-refractivity contribution in [3.05, 3.63) is 29.8 Å². The van der Waals surface area contributed by atoms with Crippen molar-refractivity contribution in [2.75, 3.05) is 6.54 Å². The highest BCUT2D eigenvalue weighted by atomic mass is 19.1. The van der Waals surface area contributed by atoms with Crippen LogP contribution < -0.4 is 5.32 Å². The minimum Gasteiger partial charge on any atom is -0.393 e. The summed E-state index contributed by atoms with van der Waals surface area (Å²) in [6.07, 6.45) is 3.42. The maximum absolute atomic E-state index is 12.6. The topological polar surface area (TPSA) is 62.2 Å². The molecule has 1 aliphatic rings. The zero-order valence-corrected chi connectivity index (χ0v) is 9.40. The van der Waals surface area contributed by atoms with Gasteiger partial charge in [-0.15, -0.1) is 0 Å². The van der Waals surface area contributed by atoms with Crippen LogP contribution in [0.4, 0.5) is 4.39 Å². The number of pyridine rings is 1. The van der Waals surface area contributed by atoms with Gasteiger partial charge in [0.15, 0.2) is 0 Å². The third-order valence-corrected chi connectivity index (χ3v) is 3.10. The maximum atomic E-state index is 12.6. The van der Waals surface area contributed by atoms with E-state index in [1.165, 1.54) is 12.1 Å². The summed E-state index contributed by atoms with van der Waals surface area (Å²) in [5.41, 5.74) is 0.193. The van der Waals surface area contributed by atoms with E-state index < -0.39 is 5.82 Å². The Labute approximate surface area is 98.9 Å². The normalized spacial score (nSPS) is 23.6. The summed E-state index contributed by atoms with van der Waals surface area (Å²) in [5, 5.41) is 12.3. The first kappa shape index (κ1) is 12.0. The number of aliphatic hydroxyl groups excluding tert-OH is 1. The van der Waals surface area contributed by atoms with Gasteiger partial charge in [-0.3, -0.25) is 4.79 Å². The van der Waals surface area contributed by atoms with Crippen molar-refractivity contribution in [2.24, 2.45) is 5.92 Å². The van der Waals surface area contributed by atoms with Gasteiger partial charge in [0.2, 0.25) is 0 Å². The van der Waals surface area contributed by atoms with Gasteiger partial charge in [-0.1, -0.05) is 6.42 Å². The molecule has 2 N–H and O–H groups in total. The van der Waals surface area contributed by atoms with E-state index in [9.17, 15) is 14.3 Å². The van der Waals surface area contributed by atoms with Gasteiger partial charge in [0, 0.05) is 12.5 Å². The average molecular weight is 238 g/mol. The van der Waals surface area contributed by atoms with Crippen LogP contribution in [-0.2, 0) is 0 Å². The summed E-state index contributed by atoms with van der Waals surface area (Å²) in [4.78, 5) is 15.3. The first-order valence-corrected chi connectivity index (χ1v) is 5.74. The van der Waals surface area contributed by atoms with Gasteiger partial charge in [0.25, 0.3) is 5.91 Å². The number of carbonyl (C=O) groups is 1. The summed E-state index contributed by atoms with van der Waals surface area (Å²) in [6, 6.07) is 2.54. The fourth-order valence-corrected chi connectivity index (χ4v) is 2.08. The second-order valence-corrected chi connectivity index (χ2v) is 4.33. The van der Waals surface area contributed by atoms with E-state index in [0.29, 0.717) is 6.54 Å². The molecule has 1 amide bonds. The van der Waals surface area contributed by atoms with Crippen LogP contribution in [0.2, 0.25) is 0 Å². The Bertz CT molecular complexity index is 394. The van der Waals surface area contributed by atoms with Crippen LogP contribution in [0.1, 0.15) is 29.8 Å². The number of rotatable bonds is 3. The predicted octanol–water partition coefficient (Wildman–Crippen LogP) is 1.11. The molecule has 1 saturated carbocycles. The van der Waals surface area contributed by atoms with Crippen LogP contribution in [0.15, 0.2) is 18.3 Å². The Hall–Kier alpha value is -1.49. The lowest BCUT2D eigenvalue weighted by Crippen LogP contribution is -2.32. The van der Waals surface area contributed by atoms with Crippen LogP contribution in [-0.4, -0.2) is 28.6 Å². The highest BCUT2D eigenvalue weighted by Crippen LogP contribution is 2.24. The Morgan fingerprint density at radius 3 is 2.94 bits per heavy atom. The highest BCUT2D eigenvalue weighted by Gasteiger charge is 2.25. The van der Waals surface area contributed by atoms with E-state index >= 15 is 0 Å². The lowest BCUT2D eigenvalue weighted by Gasteiger charge is -2.14. The number of nitrogens with one attached hydrogen (secondary N) is 1. The Morgan fingerprint density at radius 2 is 2.35 bits per heavy atom. The van der Waals surface area contributed by atoms with E-state index in [1.54, 1.807) is 0 Å². The number of nitrogens with zero attached hydrogens (tertiary/aromatic N) is 1. The van der Waals surface area contributed by atoms with Crippen molar-refractivity contribution < 1.29 is 14.3 Å². The van der Waals surface area contributed by atoms with E-state index in [4.69, 9.17) is 0 Å². The van der Waals surface area contributed by atoms with Crippen LogP contribution in [0.25, 0.3) is 0 Å². The fraction of sp³-hybridized carbons (Fsp3) is 0.500. The second-order valence-electron chi connectivity index (χ2n) is 4.33. The summed E-state index contributed by atoms with van der Waals surface area (Å²) in [7, 11) is 0. The smallest absolute Gasteiger partial charge is 0.269 e. The molecular weight excluding hydrogens is 223 g/mol. The zero-order valence-electron chi connectivity index (χ0n) is 9.40. The molecule has 4 nitrogen and oxygen atoms in total. The van der Waals surface area contributed by atoms with Crippen LogP contribution >= 0.6 is 0 Å². The van der Waals surface area contributed by atoms with Crippen molar-refractivity contribution in [2.45, 2.75) is 25.4 Å². The maximum Gasteiger partial charge on any atom is 0.269 e. The Kier molecular flexibility index (Phi) is 3.68. The molecule has 0 aromatic carbocycles. The third kappa shape index (κ3) is 3.00. The summed E-state index contributed by atoms with van der Waals surface area (Å²) < 4.78 is 12.6. The zero-order chi connectivity index (χ0) is 12.3. The van der Waals surface area contributed by atoms with Gasteiger partial charge in [-0.25, -0.2) is 9.37 Å². The largest absolute Gasteiger partial charge is 0.393 e. The number of aromatic nitrogens is 1. The number of carbonyl (C=O) groups excluding carboxylic acids is 1. The van der Waals surface area contributed by atoms with Crippen molar-refractivity contribution in [1.29, 1.82) is 0 Å². The summed E-state index contributed by atoms with van der Waals surface area (Å²) in [6.45, 7) is 0.444. The van der Waals surface area contributed by atoms with Crippen LogP contribution in [0.3, 0.4) is 0 Å². The van der Waals surface area contributed by atoms with Gasteiger partial charge in [-0.2, -0.15) is 0 Å². The molecular formula is C12H15FN2O2. The van der Waals surface area contributed by atoms with Crippen LogP contribution in [0.5, 0.6) is 0 Å². The standard InChI is InChI=1S/C12H15FN2O2/c13-9-4-5-10(14-7-9)12(17)15-6-8-2-1-3-11(8)16/h4-5,7-8,11,16H,1-3,6H2,(H,15,17). The molecule has 2 atom stereocenters. The molecule has 2 unspecified atom stereocenters. The number of hydrogen-bond acceptors (Lipinski definition) is 3. The molecule has 0 saturated heterocycles. The lowest BCUT2D eigenvalue weighted by molar-refractivity contribution is 0.0912. The predicted molar refractivity (Wildman–Crippen MR) is 59.9 cm³/mol. The minimum absolute atomic E-state index is 0.124. The summed E-state index contributed by atoms with van der Waals surface area (Å²) in [5.74, 6) is -0.670. The molecule has 1 aromatic rings. The molecule has 0 aliphatic heterocycles. The lowest BCUT2D eigenvalue weighted by atomic mass is 10.1. The number of amides is 1. The molecule has 92 valence electrons. The van der Waals surface area contributed by atoms with Crippen molar-refractivity contribution in [3.63, 3.8) is 0 Å². The van der Waals surface area contributed by atoms with Gasteiger partial charge in [0.05, 0.1) is 12.3 Å². The highest BCUT2D eigenvalue weighted by molar-refractivity contribution is 5.92. The molecule has 0 radical (unpaired) electrons. The monoisotopic (exact) mass is 238 g/mol. The van der Waals surface area contributed by atoms with Gasteiger partial charge >= 0.3 is 0 Å². The van der Waals surface area contributed by atoms with E-state index in [-0.39, 0.29) is 23.6 Å². The Morgan fingerprint density at radius 1 is 1.53 bits per heavy atom. The van der Waals surface area contributed by atoms with E-state index in [1.807, 2.05) is 0 Å². The quantitative estimate of drug-likeness (QED) is 0.829. The van der Waals surface area contributed by atoms with Gasteiger partial charge < -0.3 is 10.4 Å².